The van der Waals surface area contributed by atoms with Crippen molar-refractivity contribution >= 4 is 0 Å². The lowest BCUT2D eigenvalue weighted by molar-refractivity contribution is 0.112. The van der Waals surface area contributed by atoms with Crippen LogP contribution in [0.1, 0.15) is 23.6 Å². The number of fused-ring (bicyclic) bond motifs is 4. The molecule has 2 aliphatic heterocycles. The van der Waals surface area contributed by atoms with Crippen LogP contribution in [0.25, 0.3) is 11.1 Å². The zero-order valence-electron chi connectivity index (χ0n) is 16.9. The van der Waals surface area contributed by atoms with Gasteiger partial charge in [-0.25, -0.2) is 4.39 Å². The third-order valence-electron chi connectivity index (χ3n) is 6.30. The van der Waals surface area contributed by atoms with Gasteiger partial charge in [0.1, 0.15) is 11.6 Å². The first-order valence-corrected chi connectivity index (χ1v) is 10.3. The number of likely N-dealkylation sites (tertiary alicyclic amines) is 1. The quantitative estimate of drug-likeness (QED) is 0.664. The summed E-state index contributed by atoms with van der Waals surface area (Å²) in [5, 5.41) is 0. The lowest BCUT2D eigenvalue weighted by atomic mass is 9.82. The Hall–Kier alpha value is -2.99. The molecule has 3 aromatic rings. The zero-order chi connectivity index (χ0) is 20.7. The molecule has 0 amide bonds. The van der Waals surface area contributed by atoms with Gasteiger partial charge in [-0.1, -0.05) is 12.1 Å². The summed E-state index contributed by atoms with van der Waals surface area (Å²) in [7, 11) is 1.58. The highest BCUT2D eigenvalue weighted by Crippen LogP contribution is 2.37. The Kier molecular flexibility index (Phi) is 4.87. The molecule has 5 nitrogen and oxygen atoms in total. The molecule has 30 heavy (non-hydrogen) atoms. The fraction of sp³-hybridized carbons (Fsp3) is 0.333. The Labute approximate surface area is 174 Å². The number of nitrogens with zero attached hydrogens (tertiary/aromatic N) is 3. The number of methoxy groups -OCH3 is 1. The van der Waals surface area contributed by atoms with E-state index in [-0.39, 0.29) is 17.3 Å². The van der Waals surface area contributed by atoms with Crippen LogP contribution in [0.3, 0.4) is 0 Å². The minimum atomic E-state index is -0.236. The molecule has 6 heteroatoms. The summed E-state index contributed by atoms with van der Waals surface area (Å²) in [4.78, 5) is 19.3. The second-order valence-electron chi connectivity index (χ2n) is 8.27. The molecule has 1 fully saturated rings. The highest BCUT2D eigenvalue weighted by Gasteiger charge is 2.35. The van der Waals surface area contributed by atoms with Crippen LogP contribution in [0, 0.1) is 11.7 Å². The van der Waals surface area contributed by atoms with E-state index >= 15 is 0 Å². The molecular weight excluding hydrogens is 381 g/mol. The van der Waals surface area contributed by atoms with E-state index in [0.29, 0.717) is 30.3 Å². The first-order valence-electron chi connectivity index (χ1n) is 10.3. The van der Waals surface area contributed by atoms with Gasteiger partial charge in [-0.05, 0) is 42.2 Å². The maximum atomic E-state index is 14.5. The Balaban J connectivity index is 1.46. The van der Waals surface area contributed by atoms with Crippen LogP contribution in [0.2, 0.25) is 0 Å². The second-order valence-corrected chi connectivity index (χ2v) is 8.27. The van der Waals surface area contributed by atoms with E-state index in [4.69, 9.17) is 4.74 Å². The summed E-state index contributed by atoms with van der Waals surface area (Å²) in [5.74, 6) is 0.984. The Bertz CT molecular complexity index is 1130. The van der Waals surface area contributed by atoms with Crippen LogP contribution < -0.4 is 10.3 Å². The van der Waals surface area contributed by atoms with E-state index in [0.717, 1.165) is 36.3 Å². The predicted octanol–water partition coefficient (Wildman–Crippen LogP) is 3.68. The third-order valence-corrected chi connectivity index (χ3v) is 6.30. The van der Waals surface area contributed by atoms with E-state index in [1.165, 1.54) is 6.07 Å². The van der Waals surface area contributed by atoms with Crippen molar-refractivity contribution in [2.75, 3.05) is 20.2 Å². The van der Waals surface area contributed by atoms with Gasteiger partial charge in [0.2, 0.25) is 0 Å². The minimum absolute atomic E-state index is 0.0466. The Morgan fingerprint density at radius 2 is 2.03 bits per heavy atom. The summed E-state index contributed by atoms with van der Waals surface area (Å²) in [6.07, 6.45) is 4.57. The van der Waals surface area contributed by atoms with Crippen molar-refractivity contribution in [2.24, 2.45) is 5.92 Å². The molecule has 0 spiro atoms. The van der Waals surface area contributed by atoms with Crippen molar-refractivity contribution in [2.45, 2.75) is 25.4 Å². The van der Waals surface area contributed by atoms with Gasteiger partial charge in [0, 0.05) is 67.4 Å². The molecule has 5 rings (SSSR count). The van der Waals surface area contributed by atoms with E-state index in [1.54, 1.807) is 37.7 Å². The number of ether oxygens (including phenoxy) is 1. The fourth-order valence-electron chi connectivity index (χ4n) is 4.99. The number of hydrogen-bond donors (Lipinski definition) is 0. The van der Waals surface area contributed by atoms with Crippen LogP contribution in [0.15, 0.2) is 59.7 Å². The van der Waals surface area contributed by atoms with Gasteiger partial charge in [0.15, 0.2) is 0 Å². The topological polar surface area (TPSA) is 47.4 Å². The largest absolute Gasteiger partial charge is 0.496 e. The number of rotatable bonds is 4. The van der Waals surface area contributed by atoms with Gasteiger partial charge in [-0.15, -0.1) is 0 Å². The highest BCUT2D eigenvalue weighted by molar-refractivity contribution is 5.62. The molecule has 154 valence electrons. The van der Waals surface area contributed by atoms with Gasteiger partial charge in [0.05, 0.1) is 7.11 Å². The number of pyridine rings is 2. The monoisotopic (exact) mass is 405 g/mol. The molecule has 0 saturated carbocycles. The van der Waals surface area contributed by atoms with Crippen molar-refractivity contribution < 1.29 is 9.13 Å². The van der Waals surface area contributed by atoms with Gasteiger partial charge in [0.25, 0.3) is 5.56 Å². The number of hydrogen-bond acceptors (Lipinski definition) is 4. The average Bonchev–Trinajstić information content (AvgIpc) is 2.76. The van der Waals surface area contributed by atoms with E-state index in [1.807, 2.05) is 16.7 Å². The van der Waals surface area contributed by atoms with E-state index in [2.05, 4.69) is 16.0 Å². The first kappa shape index (κ1) is 19.0. The Morgan fingerprint density at radius 3 is 2.83 bits per heavy atom. The van der Waals surface area contributed by atoms with Crippen LogP contribution in [-0.4, -0.2) is 34.7 Å². The number of piperidine rings is 1. The van der Waals surface area contributed by atoms with Crippen molar-refractivity contribution in [1.29, 1.82) is 0 Å². The maximum Gasteiger partial charge on any atom is 0.251 e. The number of benzene rings is 1. The molecule has 2 atom stereocenters. The lowest BCUT2D eigenvalue weighted by Gasteiger charge is -2.43. The van der Waals surface area contributed by atoms with Crippen molar-refractivity contribution in [1.82, 2.24) is 14.5 Å². The molecular formula is C24H24FN3O2. The summed E-state index contributed by atoms with van der Waals surface area (Å²) in [5.41, 5.74) is 3.57. The van der Waals surface area contributed by atoms with E-state index in [9.17, 15) is 9.18 Å². The number of halogens is 1. The number of aromatic nitrogens is 2. The van der Waals surface area contributed by atoms with E-state index < -0.39 is 0 Å². The lowest BCUT2D eigenvalue weighted by Crippen LogP contribution is -2.46. The van der Waals surface area contributed by atoms with Crippen molar-refractivity contribution in [3.05, 3.63) is 82.3 Å². The maximum absolute atomic E-state index is 14.5. The normalized spacial score (nSPS) is 20.6. The summed E-state index contributed by atoms with van der Waals surface area (Å²) in [6, 6.07) is 12.7. The van der Waals surface area contributed by atoms with Gasteiger partial charge in [-0.2, -0.15) is 0 Å². The molecule has 1 saturated heterocycles. The molecule has 1 aromatic carbocycles. The zero-order valence-corrected chi connectivity index (χ0v) is 16.9. The van der Waals surface area contributed by atoms with Crippen LogP contribution in [-0.2, 0) is 13.1 Å². The van der Waals surface area contributed by atoms with Crippen LogP contribution in [0.5, 0.6) is 5.75 Å². The Morgan fingerprint density at radius 1 is 1.13 bits per heavy atom. The van der Waals surface area contributed by atoms with Gasteiger partial charge < -0.3 is 9.30 Å². The third kappa shape index (κ3) is 3.41. The van der Waals surface area contributed by atoms with Gasteiger partial charge in [-0.3, -0.25) is 14.7 Å². The standard InChI is InChI=1S/C24H24FN3O2/c1-30-23-6-2-5-21(25)20(23)15-27-12-16-8-19(14-27)22-9-18(10-24(29)28(22)13-16)17-4-3-7-26-11-17/h2-7,9-11,16,19H,8,12-15H2,1H3/t16-,19+/m0/s1. The molecule has 2 aliphatic rings. The highest BCUT2D eigenvalue weighted by atomic mass is 19.1. The smallest absolute Gasteiger partial charge is 0.251 e. The second kappa shape index (κ2) is 7.69. The summed E-state index contributed by atoms with van der Waals surface area (Å²) < 4.78 is 21.8. The van der Waals surface area contributed by atoms with Gasteiger partial charge >= 0.3 is 0 Å². The summed E-state index contributed by atoms with van der Waals surface area (Å²) in [6.45, 7) is 2.87. The molecule has 0 aliphatic carbocycles. The molecule has 2 bridgehead atoms. The van der Waals surface area contributed by atoms with Crippen LogP contribution in [0.4, 0.5) is 4.39 Å². The first-order chi connectivity index (χ1) is 14.6. The van der Waals surface area contributed by atoms with Crippen molar-refractivity contribution in [3.63, 3.8) is 0 Å². The molecule has 2 aromatic heterocycles. The molecule has 0 N–H and O–H groups in total. The molecule has 4 heterocycles. The molecule has 0 unspecified atom stereocenters. The average molecular weight is 405 g/mol. The SMILES string of the molecule is COc1cccc(F)c1CN1C[C@@H]2C[C@H](C1)c1cc(-c3cccnc3)cc(=O)n1C2. The minimum Gasteiger partial charge on any atom is -0.496 e. The molecule has 0 radical (unpaired) electrons. The van der Waals surface area contributed by atoms with Crippen LogP contribution >= 0.6 is 0 Å². The van der Waals surface area contributed by atoms with Crippen molar-refractivity contribution in [3.8, 4) is 16.9 Å². The summed E-state index contributed by atoms with van der Waals surface area (Å²) >= 11 is 0. The fourth-order valence-corrected chi connectivity index (χ4v) is 4.99. The predicted molar refractivity (Wildman–Crippen MR) is 113 cm³/mol.